The number of hydrogen-bond donors (Lipinski definition) is 1. The number of thiol groups is 1. The van der Waals surface area contributed by atoms with Crippen LogP contribution in [0.15, 0.2) is 27.6 Å². The Kier molecular flexibility index (Phi) is 5.89. The second kappa shape index (κ2) is 6.40. The lowest BCUT2D eigenvalue weighted by Crippen LogP contribution is -2.12. The third-order valence-electron chi connectivity index (χ3n) is 1.50. The number of alkyl halides is 2. The summed E-state index contributed by atoms with van der Waals surface area (Å²) in [4.78, 5) is 1.24. The summed E-state index contributed by atoms with van der Waals surface area (Å²) >= 11 is 14.5. The van der Waals surface area contributed by atoms with Crippen LogP contribution in [0.3, 0.4) is 0 Å². The first kappa shape index (κ1) is 12.9. The molecule has 0 heterocycles. The van der Waals surface area contributed by atoms with Crippen LogP contribution >= 0.6 is 60.4 Å². The van der Waals surface area contributed by atoms with E-state index < -0.39 is 0 Å². The minimum absolute atomic E-state index is 0.324. The van der Waals surface area contributed by atoms with Crippen LogP contribution in [0, 0.1) is 0 Å². The van der Waals surface area contributed by atoms with Gasteiger partial charge in [0.25, 0.3) is 0 Å². The largest absolute Gasteiger partial charge is 0.491 e. The summed E-state index contributed by atoms with van der Waals surface area (Å²) in [5.74, 6) is 0.841. The smallest absolute Gasteiger partial charge is 0.133 e. The van der Waals surface area contributed by atoms with Crippen molar-refractivity contribution in [1.29, 1.82) is 0 Å². The standard InChI is InChI=1S/C9H9Br3OS/c10-4-6(11)5-13-9-2-1-7(14)3-8(9)12/h1-3,6,14H,4-5H2. The van der Waals surface area contributed by atoms with Crippen LogP contribution < -0.4 is 4.74 Å². The topological polar surface area (TPSA) is 9.23 Å². The van der Waals surface area contributed by atoms with Crippen LogP contribution in [-0.4, -0.2) is 16.8 Å². The second-order valence-electron chi connectivity index (χ2n) is 2.68. The predicted octanol–water partition coefficient (Wildman–Crippen LogP) is 4.28. The Balaban J connectivity index is 2.59. The molecule has 1 rings (SSSR count). The van der Waals surface area contributed by atoms with Gasteiger partial charge in [-0.05, 0) is 34.1 Å². The van der Waals surface area contributed by atoms with Gasteiger partial charge >= 0.3 is 0 Å². The summed E-state index contributed by atoms with van der Waals surface area (Å²) < 4.78 is 6.52. The number of halogens is 3. The van der Waals surface area contributed by atoms with Crippen molar-refractivity contribution in [2.24, 2.45) is 0 Å². The Morgan fingerprint density at radius 3 is 2.71 bits per heavy atom. The van der Waals surface area contributed by atoms with Gasteiger partial charge in [-0.1, -0.05) is 31.9 Å². The van der Waals surface area contributed by atoms with E-state index in [-0.39, 0.29) is 0 Å². The fourth-order valence-electron chi connectivity index (χ4n) is 0.832. The SMILES string of the molecule is Sc1ccc(OCC(Br)CBr)c(Br)c1. The Morgan fingerprint density at radius 1 is 1.43 bits per heavy atom. The molecule has 1 aromatic carbocycles. The lowest BCUT2D eigenvalue weighted by Gasteiger charge is -2.10. The fourth-order valence-corrected chi connectivity index (χ4v) is 2.02. The molecule has 0 fully saturated rings. The van der Waals surface area contributed by atoms with Gasteiger partial charge in [-0.15, -0.1) is 12.6 Å². The number of ether oxygens (including phenoxy) is 1. The second-order valence-corrected chi connectivity index (χ2v) is 5.99. The molecule has 1 atom stereocenters. The Labute approximate surface area is 114 Å². The van der Waals surface area contributed by atoms with E-state index in [4.69, 9.17) is 4.74 Å². The molecule has 0 aliphatic rings. The van der Waals surface area contributed by atoms with Gasteiger partial charge in [0.1, 0.15) is 12.4 Å². The van der Waals surface area contributed by atoms with Crippen molar-refractivity contribution in [2.75, 3.05) is 11.9 Å². The molecule has 0 aliphatic heterocycles. The zero-order valence-corrected chi connectivity index (χ0v) is 12.9. The van der Waals surface area contributed by atoms with Gasteiger partial charge in [0.2, 0.25) is 0 Å². The Hall–Kier alpha value is 0.810. The maximum Gasteiger partial charge on any atom is 0.133 e. The van der Waals surface area contributed by atoms with Gasteiger partial charge < -0.3 is 4.74 Å². The van der Waals surface area contributed by atoms with Crippen molar-refractivity contribution in [1.82, 2.24) is 0 Å². The van der Waals surface area contributed by atoms with Crippen LogP contribution in [0.5, 0.6) is 5.75 Å². The molecule has 0 N–H and O–H groups in total. The highest BCUT2D eigenvalue weighted by Gasteiger charge is 2.05. The maximum atomic E-state index is 5.59. The first-order valence-electron chi connectivity index (χ1n) is 3.95. The molecule has 0 aromatic heterocycles. The first-order chi connectivity index (χ1) is 6.63. The lowest BCUT2D eigenvalue weighted by molar-refractivity contribution is 0.323. The number of benzene rings is 1. The monoisotopic (exact) mass is 402 g/mol. The molecule has 5 heteroatoms. The van der Waals surface area contributed by atoms with E-state index in [1.54, 1.807) is 0 Å². The van der Waals surface area contributed by atoms with Crippen LogP contribution in [0.1, 0.15) is 0 Å². The average molecular weight is 405 g/mol. The van der Waals surface area contributed by atoms with Crippen molar-refractivity contribution in [2.45, 2.75) is 9.72 Å². The van der Waals surface area contributed by atoms with Crippen molar-refractivity contribution in [3.63, 3.8) is 0 Å². The molecular formula is C9H9Br3OS. The van der Waals surface area contributed by atoms with Crippen LogP contribution in [0.25, 0.3) is 0 Å². The highest BCUT2D eigenvalue weighted by molar-refractivity contribution is 9.12. The van der Waals surface area contributed by atoms with E-state index >= 15 is 0 Å². The summed E-state index contributed by atoms with van der Waals surface area (Å²) in [6, 6.07) is 5.72. The van der Waals surface area contributed by atoms with Crippen molar-refractivity contribution < 1.29 is 4.74 Å². The molecule has 1 unspecified atom stereocenters. The van der Waals surface area contributed by atoms with E-state index in [9.17, 15) is 0 Å². The third kappa shape index (κ3) is 4.13. The average Bonchev–Trinajstić information content (AvgIpc) is 2.16. The van der Waals surface area contributed by atoms with E-state index in [2.05, 4.69) is 60.4 Å². The van der Waals surface area contributed by atoms with Crippen LogP contribution in [0.4, 0.5) is 0 Å². The molecule has 0 radical (unpaired) electrons. The van der Waals surface area contributed by atoms with Crippen molar-refractivity contribution in [3.8, 4) is 5.75 Å². The van der Waals surface area contributed by atoms with E-state index in [1.807, 2.05) is 18.2 Å². The number of rotatable bonds is 4. The molecular weight excluding hydrogens is 396 g/mol. The van der Waals surface area contributed by atoms with Crippen molar-refractivity contribution >= 4 is 60.4 Å². The summed E-state index contributed by atoms with van der Waals surface area (Å²) in [6.07, 6.45) is 0. The Morgan fingerprint density at radius 2 is 2.14 bits per heavy atom. The normalized spacial score (nSPS) is 12.6. The summed E-state index contributed by atoms with van der Waals surface area (Å²) in [6.45, 7) is 0.635. The molecule has 0 saturated carbocycles. The van der Waals surface area contributed by atoms with Gasteiger partial charge in [-0.3, -0.25) is 0 Å². The summed E-state index contributed by atoms with van der Waals surface area (Å²) in [5.41, 5.74) is 0. The zero-order chi connectivity index (χ0) is 10.6. The maximum absolute atomic E-state index is 5.59. The summed E-state index contributed by atoms with van der Waals surface area (Å²) in [7, 11) is 0. The van der Waals surface area contributed by atoms with Crippen LogP contribution in [0.2, 0.25) is 0 Å². The molecule has 14 heavy (non-hydrogen) atoms. The first-order valence-corrected chi connectivity index (χ1v) is 7.22. The van der Waals surface area contributed by atoms with Gasteiger partial charge in [-0.25, -0.2) is 0 Å². The van der Waals surface area contributed by atoms with E-state index in [1.165, 1.54) is 0 Å². The molecule has 0 saturated heterocycles. The van der Waals surface area contributed by atoms with Crippen LogP contribution in [-0.2, 0) is 0 Å². The molecule has 0 amide bonds. The van der Waals surface area contributed by atoms with Crippen molar-refractivity contribution in [3.05, 3.63) is 22.7 Å². The molecule has 1 aromatic rings. The minimum Gasteiger partial charge on any atom is -0.491 e. The van der Waals surface area contributed by atoms with Gasteiger partial charge in [0.05, 0.1) is 9.30 Å². The Bertz CT molecular complexity index is 306. The molecule has 0 aliphatic carbocycles. The van der Waals surface area contributed by atoms with Gasteiger partial charge in [-0.2, -0.15) is 0 Å². The minimum atomic E-state index is 0.324. The quantitative estimate of drug-likeness (QED) is 0.582. The van der Waals surface area contributed by atoms with Gasteiger partial charge in [0.15, 0.2) is 0 Å². The summed E-state index contributed by atoms with van der Waals surface area (Å²) in [5, 5.41) is 0.870. The molecule has 0 bridgehead atoms. The molecule has 0 spiro atoms. The van der Waals surface area contributed by atoms with E-state index in [0.29, 0.717) is 11.4 Å². The fraction of sp³-hybridized carbons (Fsp3) is 0.333. The highest BCUT2D eigenvalue weighted by Crippen LogP contribution is 2.27. The molecule has 78 valence electrons. The number of hydrogen-bond acceptors (Lipinski definition) is 2. The van der Waals surface area contributed by atoms with Gasteiger partial charge in [0, 0.05) is 10.2 Å². The van der Waals surface area contributed by atoms with E-state index in [0.717, 1.165) is 20.4 Å². The lowest BCUT2D eigenvalue weighted by atomic mass is 10.3. The highest BCUT2D eigenvalue weighted by atomic mass is 79.9. The zero-order valence-electron chi connectivity index (χ0n) is 7.21. The predicted molar refractivity (Wildman–Crippen MR) is 73.4 cm³/mol. The third-order valence-corrected chi connectivity index (χ3v) is 4.64. The molecule has 1 nitrogen and oxygen atoms in total.